The molecule has 0 bridgehead atoms. The molecule has 2 aromatic carbocycles. The van der Waals surface area contributed by atoms with Gasteiger partial charge in [0, 0.05) is 12.6 Å². The number of hydrogen-bond acceptors (Lipinski definition) is 7. The summed E-state index contributed by atoms with van der Waals surface area (Å²) in [5, 5.41) is 0. The van der Waals surface area contributed by atoms with E-state index in [1.807, 2.05) is 18.2 Å². The van der Waals surface area contributed by atoms with Crippen LogP contribution < -0.4 is 18.9 Å². The highest BCUT2D eigenvalue weighted by molar-refractivity contribution is 5.84. The zero-order chi connectivity index (χ0) is 26.5. The van der Waals surface area contributed by atoms with Gasteiger partial charge in [0.2, 0.25) is 0 Å². The van der Waals surface area contributed by atoms with Crippen molar-refractivity contribution in [1.82, 2.24) is 4.90 Å². The van der Waals surface area contributed by atoms with Gasteiger partial charge in [-0.25, -0.2) is 0 Å². The van der Waals surface area contributed by atoms with Crippen LogP contribution in [0.5, 0.6) is 23.0 Å². The number of carbonyl (C=O) groups excluding carboxylic acids is 1. The summed E-state index contributed by atoms with van der Waals surface area (Å²) < 4.78 is 27.4. The van der Waals surface area contributed by atoms with Gasteiger partial charge in [0.1, 0.15) is 0 Å². The molecule has 198 valence electrons. The minimum absolute atomic E-state index is 0.0320. The fourth-order valence-corrected chi connectivity index (χ4v) is 5.56. The molecule has 0 aliphatic carbocycles. The molecule has 0 amide bonds. The third kappa shape index (κ3) is 5.26. The van der Waals surface area contributed by atoms with Gasteiger partial charge in [-0.1, -0.05) is 26.3 Å². The summed E-state index contributed by atoms with van der Waals surface area (Å²) in [6.07, 6.45) is 3.44. The molecular weight excluding hydrogens is 458 g/mol. The maximum Gasteiger partial charge on any atom is 0.316 e. The molecule has 2 atom stereocenters. The highest BCUT2D eigenvalue weighted by Gasteiger charge is 2.44. The van der Waals surface area contributed by atoms with Crippen LogP contribution in [0.25, 0.3) is 0 Å². The van der Waals surface area contributed by atoms with Gasteiger partial charge in [-0.2, -0.15) is 0 Å². The van der Waals surface area contributed by atoms with Crippen LogP contribution in [0.1, 0.15) is 49.8 Å². The molecule has 2 unspecified atom stereocenters. The Labute approximate surface area is 215 Å². The molecule has 0 saturated carbocycles. The van der Waals surface area contributed by atoms with E-state index in [0.717, 1.165) is 42.9 Å². The highest BCUT2D eigenvalue weighted by atomic mass is 16.5. The van der Waals surface area contributed by atoms with Crippen molar-refractivity contribution in [2.24, 2.45) is 5.92 Å². The van der Waals surface area contributed by atoms with Gasteiger partial charge in [-0.3, -0.25) is 9.69 Å². The minimum Gasteiger partial charge on any atom is -0.493 e. The van der Waals surface area contributed by atoms with E-state index in [0.29, 0.717) is 24.0 Å². The molecule has 2 aromatic rings. The summed E-state index contributed by atoms with van der Waals surface area (Å²) in [5.41, 5.74) is 2.67. The Balaban J connectivity index is 1.84. The third-order valence-corrected chi connectivity index (χ3v) is 7.75. The first kappa shape index (κ1) is 27.7. The molecule has 36 heavy (non-hydrogen) atoms. The van der Waals surface area contributed by atoms with Gasteiger partial charge in [0.15, 0.2) is 23.0 Å². The van der Waals surface area contributed by atoms with Crippen molar-refractivity contribution >= 4 is 5.97 Å². The fraction of sp³-hybridized carbons (Fsp3) is 0.552. The summed E-state index contributed by atoms with van der Waals surface area (Å²) in [5.74, 6) is 2.58. The lowest BCUT2D eigenvalue weighted by atomic mass is 9.68. The molecule has 1 aliphatic rings. The highest BCUT2D eigenvalue weighted by Crippen LogP contribution is 2.43. The predicted molar refractivity (Wildman–Crippen MR) is 140 cm³/mol. The average molecular weight is 500 g/mol. The molecule has 7 heteroatoms. The molecular formula is C29H41NO6. The Morgan fingerprint density at radius 3 is 2.06 bits per heavy atom. The molecule has 0 spiro atoms. The first-order valence-corrected chi connectivity index (χ1v) is 12.5. The van der Waals surface area contributed by atoms with Crippen LogP contribution in [0.2, 0.25) is 0 Å². The molecule has 0 radical (unpaired) electrons. The van der Waals surface area contributed by atoms with E-state index in [2.05, 4.69) is 37.9 Å². The Bertz CT molecular complexity index is 1050. The number of ether oxygens (including phenoxy) is 5. The van der Waals surface area contributed by atoms with Gasteiger partial charge in [0.05, 0.1) is 41.0 Å². The van der Waals surface area contributed by atoms with Crippen molar-refractivity contribution in [2.45, 2.75) is 57.5 Å². The summed E-state index contributed by atoms with van der Waals surface area (Å²) >= 11 is 0. The van der Waals surface area contributed by atoms with E-state index in [-0.39, 0.29) is 11.9 Å². The Morgan fingerprint density at radius 2 is 1.50 bits per heavy atom. The van der Waals surface area contributed by atoms with Gasteiger partial charge < -0.3 is 23.7 Å². The topological polar surface area (TPSA) is 66.5 Å². The molecule has 0 N–H and O–H groups in total. The standard InChI is InChI=1S/C29H41NO6/c1-19(2)29(28(31)36-8,22-11-12-24(32-4)27(17-22)35-7)13-9-10-23-14-20-15-25(33-5)26(34-6)16-21(20)18-30(23)3/h11-12,15-17,19,23H,9-10,13-14,18H2,1-8H3. The van der Waals surface area contributed by atoms with Crippen LogP contribution in [-0.2, 0) is 27.9 Å². The van der Waals surface area contributed by atoms with E-state index in [1.54, 1.807) is 28.4 Å². The number of methoxy groups -OCH3 is 5. The van der Waals surface area contributed by atoms with Crippen LogP contribution in [0.3, 0.4) is 0 Å². The number of likely N-dealkylation sites (N-methyl/N-ethyl adjacent to an activating group) is 1. The maximum absolute atomic E-state index is 13.3. The van der Waals surface area contributed by atoms with Crippen molar-refractivity contribution in [3.63, 3.8) is 0 Å². The van der Waals surface area contributed by atoms with Gasteiger partial charge in [0.25, 0.3) is 0 Å². The Hall–Kier alpha value is -2.93. The Morgan fingerprint density at radius 1 is 0.917 bits per heavy atom. The van der Waals surface area contributed by atoms with Gasteiger partial charge in [-0.05, 0) is 73.2 Å². The van der Waals surface area contributed by atoms with Crippen molar-refractivity contribution < 1.29 is 28.5 Å². The number of hydrogen-bond donors (Lipinski definition) is 0. The number of carbonyl (C=O) groups is 1. The second kappa shape index (κ2) is 11.9. The molecule has 3 rings (SSSR count). The van der Waals surface area contributed by atoms with Crippen LogP contribution in [-0.4, -0.2) is 59.5 Å². The lowest BCUT2D eigenvalue weighted by molar-refractivity contribution is -0.150. The number of benzene rings is 2. The van der Waals surface area contributed by atoms with Gasteiger partial charge >= 0.3 is 5.97 Å². The van der Waals surface area contributed by atoms with Crippen molar-refractivity contribution in [2.75, 3.05) is 42.6 Å². The van der Waals surface area contributed by atoms with Crippen molar-refractivity contribution in [1.29, 1.82) is 0 Å². The van der Waals surface area contributed by atoms with Gasteiger partial charge in [-0.15, -0.1) is 0 Å². The van der Waals surface area contributed by atoms with Crippen molar-refractivity contribution in [3.8, 4) is 23.0 Å². The van der Waals surface area contributed by atoms with Crippen LogP contribution >= 0.6 is 0 Å². The summed E-state index contributed by atoms with van der Waals surface area (Å²) in [6, 6.07) is 10.3. The SMILES string of the molecule is COC(=O)C(CCCC1Cc2cc(OC)c(OC)cc2CN1C)(c1ccc(OC)c(OC)c1)C(C)C. The van der Waals surface area contributed by atoms with Crippen molar-refractivity contribution in [3.05, 3.63) is 47.0 Å². The average Bonchev–Trinajstić information content (AvgIpc) is 2.89. The molecule has 0 fully saturated rings. The van der Waals surface area contributed by atoms with Crippen LogP contribution in [0, 0.1) is 5.92 Å². The zero-order valence-corrected chi connectivity index (χ0v) is 23.0. The van der Waals surface area contributed by atoms with Crippen LogP contribution in [0.4, 0.5) is 0 Å². The normalized spacial score (nSPS) is 17.2. The van der Waals surface area contributed by atoms with E-state index in [1.165, 1.54) is 18.2 Å². The molecule has 1 aliphatic heterocycles. The predicted octanol–water partition coefficient (Wildman–Crippen LogP) is 5.01. The number of rotatable bonds is 11. The minimum atomic E-state index is -0.782. The molecule has 1 heterocycles. The number of nitrogens with zero attached hydrogens (tertiary/aromatic N) is 1. The van der Waals surface area contributed by atoms with E-state index >= 15 is 0 Å². The maximum atomic E-state index is 13.3. The smallest absolute Gasteiger partial charge is 0.316 e. The number of fused-ring (bicyclic) bond motifs is 1. The number of esters is 1. The van der Waals surface area contributed by atoms with E-state index < -0.39 is 5.41 Å². The summed E-state index contributed by atoms with van der Waals surface area (Å²) in [7, 11) is 10.2. The Kier molecular flexibility index (Phi) is 9.12. The summed E-state index contributed by atoms with van der Waals surface area (Å²) in [4.78, 5) is 15.7. The summed E-state index contributed by atoms with van der Waals surface area (Å²) in [6.45, 7) is 5.01. The largest absolute Gasteiger partial charge is 0.493 e. The molecule has 7 nitrogen and oxygen atoms in total. The van der Waals surface area contributed by atoms with E-state index in [4.69, 9.17) is 23.7 Å². The second-order valence-corrected chi connectivity index (χ2v) is 9.83. The van der Waals surface area contributed by atoms with Crippen LogP contribution in [0.15, 0.2) is 30.3 Å². The lowest BCUT2D eigenvalue weighted by Gasteiger charge is -2.38. The first-order valence-electron chi connectivity index (χ1n) is 12.5. The molecule has 0 saturated heterocycles. The third-order valence-electron chi connectivity index (χ3n) is 7.75. The molecule has 0 aromatic heterocycles. The second-order valence-electron chi connectivity index (χ2n) is 9.83. The van der Waals surface area contributed by atoms with E-state index in [9.17, 15) is 4.79 Å². The fourth-order valence-electron chi connectivity index (χ4n) is 5.56. The first-order chi connectivity index (χ1) is 17.2. The quantitative estimate of drug-likeness (QED) is 0.403. The lowest BCUT2D eigenvalue weighted by Crippen LogP contribution is -2.43. The monoisotopic (exact) mass is 499 g/mol. The zero-order valence-electron chi connectivity index (χ0n) is 23.0.